The molecule has 0 bridgehead atoms. The van der Waals surface area contributed by atoms with Gasteiger partial charge in [0.25, 0.3) is 0 Å². The Morgan fingerprint density at radius 1 is 1.05 bits per heavy atom. The molecule has 2 aromatic rings. The average molecular weight is 289 g/mol. The van der Waals surface area contributed by atoms with E-state index in [1.165, 1.54) is 0 Å². The topological polar surface area (TPSA) is 42.4 Å². The van der Waals surface area contributed by atoms with E-state index in [0.717, 1.165) is 11.1 Å². The van der Waals surface area contributed by atoms with Crippen molar-refractivity contribution in [3.63, 3.8) is 0 Å². The molecule has 1 aromatic heterocycles. The standard InChI is InChI=1S/C18H16BNO2/c1-11-7-3-4-8-13(11)15-16(21)12(2)17(22-18(15)19)14-9-5-6-10-20-14/h3-10,19,21H,1-2H3. The summed E-state index contributed by atoms with van der Waals surface area (Å²) >= 11 is 0. The van der Waals surface area contributed by atoms with Gasteiger partial charge in [0.2, 0.25) is 0 Å². The van der Waals surface area contributed by atoms with E-state index in [1.54, 1.807) is 6.20 Å². The average Bonchev–Trinajstić information content (AvgIpc) is 2.53. The summed E-state index contributed by atoms with van der Waals surface area (Å²) in [5.74, 6) is 0.728. The van der Waals surface area contributed by atoms with E-state index in [-0.39, 0.29) is 5.76 Å². The summed E-state index contributed by atoms with van der Waals surface area (Å²) in [4.78, 5) is 4.28. The molecule has 1 aromatic carbocycles. The second-order valence-corrected chi connectivity index (χ2v) is 5.23. The van der Waals surface area contributed by atoms with Crippen LogP contribution in [-0.4, -0.2) is 23.2 Å². The molecule has 0 saturated heterocycles. The number of benzene rings is 1. The van der Waals surface area contributed by atoms with Crippen LogP contribution in [0, 0.1) is 6.92 Å². The van der Waals surface area contributed by atoms with Crippen LogP contribution in [0.5, 0.6) is 0 Å². The van der Waals surface area contributed by atoms with Gasteiger partial charge in [-0.05, 0) is 0 Å². The molecule has 1 aliphatic rings. The molecule has 3 nitrogen and oxygen atoms in total. The van der Waals surface area contributed by atoms with Gasteiger partial charge in [-0.15, -0.1) is 0 Å². The van der Waals surface area contributed by atoms with Gasteiger partial charge in [-0.2, -0.15) is 0 Å². The summed E-state index contributed by atoms with van der Waals surface area (Å²) in [6, 6.07) is 13.4. The van der Waals surface area contributed by atoms with Crippen LogP contribution in [0.2, 0.25) is 0 Å². The molecule has 0 amide bonds. The van der Waals surface area contributed by atoms with Crippen LogP contribution < -0.4 is 0 Å². The van der Waals surface area contributed by atoms with Crippen molar-refractivity contribution in [2.75, 3.05) is 0 Å². The summed E-state index contributed by atoms with van der Waals surface area (Å²) in [5.41, 5.74) is 4.38. The van der Waals surface area contributed by atoms with E-state index in [1.807, 2.05) is 56.3 Å². The minimum atomic E-state index is 0.186. The van der Waals surface area contributed by atoms with E-state index in [9.17, 15) is 5.11 Å². The number of aryl methyl sites for hydroxylation is 1. The minimum absolute atomic E-state index is 0.186. The Labute approximate surface area is 130 Å². The Kier molecular flexibility index (Phi) is 3.67. The second-order valence-electron chi connectivity index (χ2n) is 5.23. The zero-order chi connectivity index (χ0) is 15.7. The summed E-state index contributed by atoms with van der Waals surface area (Å²) in [6.45, 7) is 3.82. The van der Waals surface area contributed by atoms with E-state index in [4.69, 9.17) is 4.74 Å². The van der Waals surface area contributed by atoms with Crippen LogP contribution in [0.4, 0.5) is 0 Å². The predicted octanol–water partition coefficient (Wildman–Crippen LogP) is 3.15. The van der Waals surface area contributed by atoms with Gasteiger partial charge < -0.3 is 0 Å². The maximum atomic E-state index is 10.7. The summed E-state index contributed by atoms with van der Waals surface area (Å²) in [7, 11) is 3.97. The number of aliphatic hydroxyl groups is 1. The van der Waals surface area contributed by atoms with Crippen LogP contribution in [0.25, 0.3) is 11.3 Å². The number of ether oxygens (including phenoxy) is 1. The molecule has 22 heavy (non-hydrogen) atoms. The molecule has 108 valence electrons. The van der Waals surface area contributed by atoms with Gasteiger partial charge in [-0.3, -0.25) is 0 Å². The second kappa shape index (κ2) is 5.64. The van der Waals surface area contributed by atoms with Gasteiger partial charge in [-0.1, -0.05) is 0 Å². The Balaban J connectivity index is 2.18. The number of aromatic nitrogens is 1. The Hall–Kier alpha value is -2.62. The molecule has 3 rings (SSSR count). The number of aliphatic hydroxyl groups excluding tert-OH is 1. The summed E-state index contributed by atoms with van der Waals surface area (Å²) < 4.78 is 5.88. The zero-order valence-electron chi connectivity index (χ0n) is 12.6. The van der Waals surface area contributed by atoms with Crippen LogP contribution >= 0.6 is 0 Å². The van der Waals surface area contributed by atoms with E-state index >= 15 is 0 Å². The van der Waals surface area contributed by atoms with Crippen molar-refractivity contribution >= 4 is 24.5 Å². The predicted molar refractivity (Wildman–Crippen MR) is 90.8 cm³/mol. The Bertz CT molecular complexity index is 807. The fourth-order valence-corrected chi connectivity index (χ4v) is 2.55. The van der Waals surface area contributed by atoms with Gasteiger partial charge in [0.15, 0.2) is 0 Å². The molecule has 0 fully saturated rings. The maximum absolute atomic E-state index is 10.7. The van der Waals surface area contributed by atoms with E-state index < -0.39 is 0 Å². The first-order valence-corrected chi connectivity index (χ1v) is 7.08. The number of hydrogen-bond acceptors (Lipinski definition) is 3. The third-order valence-corrected chi connectivity index (χ3v) is 3.75. The first-order chi connectivity index (χ1) is 10.6. The SMILES string of the molecule is B=C1OC(c2ccccn2)=C(C)C(O)=C1c1ccccc1C. The third kappa shape index (κ3) is 2.37. The molecule has 0 aliphatic carbocycles. The van der Waals surface area contributed by atoms with Gasteiger partial charge in [-0.25, -0.2) is 0 Å². The summed E-state index contributed by atoms with van der Waals surface area (Å²) in [5, 5.41) is 10.7. The number of pyridine rings is 1. The van der Waals surface area contributed by atoms with E-state index in [0.29, 0.717) is 28.2 Å². The summed E-state index contributed by atoms with van der Waals surface area (Å²) in [6.07, 6.45) is 1.69. The number of nitrogens with zero attached hydrogens (tertiary/aromatic N) is 1. The molecule has 2 heterocycles. The molecule has 0 saturated carbocycles. The van der Waals surface area contributed by atoms with Crippen molar-refractivity contribution < 1.29 is 9.84 Å². The van der Waals surface area contributed by atoms with Crippen molar-refractivity contribution in [3.05, 3.63) is 76.8 Å². The Morgan fingerprint density at radius 3 is 2.45 bits per heavy atom. The van der Waals surface area contributed by atoms with Crippen LogP contribution in [-0.2, 0) is 4.74 Å². The molecule has 0 atom stereocenters. The quantitative estimate of drug-likeness (QED) is 0.864. The van der Waals surface area contributed by atoms with E-state index in [2.05, 4.69) is 12.5 Å². The van der Waals surface area contributed by atoms with Crippen molar-refractivity contribution in [2.45, 2.75) is 13.8 Å². The van der Waals surface area contributed by atoms with Crippen molar-refractivity contribution in [2.24, 2.45) is 0 Å². The molecule has 1 aliphatic heterocycles. The molecule has 4 heteroatoms. The number of rotatable bonds is 2. The van der Waals surface area contributed by atoms with Gasteiger partial charge in [0, 0.05) is 0 Å². The molecule has 0 spiro atoms. The molecule has 0 unspecified atom stereocenters. The molecule has 1 N–H and O–H groups in total. The van der Waals surface area contributed by atoms with Crippen molar-refractivity contribution in [1.29, 1.82) is 0 Å². The third-order valence-electron chi connectivity index (χ3n) is 3.75. The molecular weight excluding hydrogens is 273 g/mol. The fourth-order valence-electron chi connectivity index (χ4n) is 2.55. The Morgan fingerprint density at radius 2 is 1.77 bits per heavy atom. The van der Waals surface area contributed by atoms with Crippen molar-refractivity contribution in [3.8, 4) is 0 Å². The number of hydrogen-bond donors (Lipinski definition) is 1. The molecular formula is C18H16BNO2. The first-order valence-electron chi connectivity index (χ1n) is 7.08. The van der Waals surface area contributed by atoms with Crippen LogP contribution in [0.15, 0.2) is 60.0 Å². The monoisotopic (exact) mass is 289 g/mol. The first kappa shape index (κ1) is 14.3. The number of allylic oxidation sites excluding steroid dienone is 1. The van der Waals surface area contributed by atoms with Gasteiger partial charge in [0.05, 0.1) is 0 Å². The molecule has 0 radical (unpaired) electrons. The van der Waals surface area contributed by atoms with Gasteiger partial charge >= 0.3 is 130 Å². The van der Waals surface area contributed by atoms with Gasteiger partial charge in [0.1, 0.15) is 0 Å². The normalized spacial score (nSPS) is 15.0. The van der Waals surface area contributed by atoms with Crippen molar-refractivity contribution in [1.82, 2.24) is 4.98 Å². The fraction of sp³-hybridized carbons (Fsp3) is 0.111. The zero-order valence-corrected chi connectivity index (χ0v) is 12.6. The van der Waals surface area contributed by atoms with Crippen LogP contribution in [0.1, 0.15) is 23.7 Å². The van der Waals surface area contributed by atoms with Crippen LogP contribution in [0.3, 0.4) is 0 Å².